The van der Waals surface area contributed by atoms with Gasteiger partial charge in [-0.15, -0.1) is 0 Å². The second-order valence-corrected chi connectivity index (χ2v) is 8.62. The standard InChI is InChI=1S/C11H22N2O.C9H19NS/c1-12-10-13-7-5-11(6-8-13)4-3-9-14-2;1-3-8-11-10-6-4-9(2)5-7-10/h10-11H,3-9H2,1-2H3;9H,3-8H2,1-2H3. The smallest absolute Gasteiger partial charge is 0.0846 e. The number of nitrogens with zero attached hydrogens (tertiary/aromatic N) is 3. The molecular formula is C20H41N3OS. The van der Waals surface area contributed by atoms with E-state index in [0.29, 0.717) is 0 Å². The predicted octanol–water partition coefficient (Wildman–Crippen LogP) is 4.56. The van der Waals surface area contributed by atoms with Crippen LogP contribution in [0.5, 0.6) is 0 Å². The summed E-state index contributed by atoms with van der Waals surface area (Å²) in [7, 11) is 3.62. The lowest BCUT2D eigenvalue weighted by molar-refractivity contribution is 0.176. The van der Waals surface area contributed by atoms with Crippen molar-refractivity contribution in [1.82, 2.24) is 9.21 Å². The summed E-state index contributed by atoms with van der Waals surface area (Å²) in [5, 5.41) is 0. The SMILES string of the molecule is CCCSN1CCC(C)CC1.CN=CN1CCC(CCCOC)CC1. The lowest BCUT2D eigenvalue weighted by atomic mass is 9.92. The fourth-order valence-electron chi connectivity index (χ4n) is 3.37. The van der Waals surface area contributed by atoms with Gasteiger partial charge in [0.15, 0.2) is 0 Å². The van der Waals surface area contributed by atoms with E-state index in [-0.39, 0.29) is 0 Å². The number of piperidine rings is 2. The predicted molar refractivity (Wildman–Crippen MR) is 113 cm³/mol. The van der Waals surface area contributed by atoms with E-state index in [9.17, 15) is 0 Å². The number of ether oxygens (including phenoxy) is 1. The zero-order chi connectivity index (χ0) is 18.3. The van der Waals surface area contributed by atoms with E-state index in [4.69, 9.17) is 4.74 Å². The molecule has 0 amide bonds. The van der Waals surface area contributed by atoms with Gasteiger partial charge in [0.05, 0.1) is 6.34 Å². The van der Waals surface area contributed by atoms with Crippen LogP contribution >= 0.6 is 11.9 Å². The molecule has 2 rings (SSSR count). The molecular weight excluding hydrogens is 330 g/mol. The molecule has 2 saturated heterocycles. The summed E-state index contributed by atoms with van der Waals surface area (Å²) in [6.07, 6.45) is 11.2. The first-order valence-electron chi connectivity index (χ1n) is 10.2. The highest BCUT2D eigenvalue weighted by Gasteiger charge is 2.16. The first kappa shape index (κ1) is 22.8. The van der Waals surface area contributed by atoms with E-state index in [2.05, 4.69) is 28.0 Å². The Labute approximate surface area is 160 Å². The number of likely N-dealkylation sites (tertiary alicyclic amines) is 1. The van der Waals surface area contributed by atoms with E-state index in [0.717, 1.165) is 18.4 Å². The Hall–Kier alpha value is -0.260. The molecule has 25 heavy (non-hydrogen) atoms. The molecule has 0 saturated carbocycles. The second kappa shape index (κ2) is 14.9. The topological polar surface area (TPSA) is 28.1 Å². The van der Waals surface area contributed by atoms with Gasteiger partial charge in [-0.2, -0.15) is 0 Å². The zero-order valence-corrected chi connectivity index (χ0v) is 17.9. The molecule has 148 valence electrons. The normalized spacial score (nSPS) is 20.7. The van der Waals surface area contributed by atoms with Crippen molar-refractivity contribution in [2.45, 2.75) is 58.8 Å². The van der Waals surface area contributed by atoms with Gasteiger partial charge in [0.2, 0.25) is 0 Å². The maximum absolute atomic E-state index is 5.06. The first-order chi connectivity index (χ1) is 12.2. The van der Waals surface area contributed by atoms with Crippen LogP contribution in [-0.2, 0) is 4.74 Å². The molecule has 2 heterocycles. The van der Waals surface area contributed by atoms with Gasteiger partial charge in [0.1, 0.15) is 0 Å². The summed E-state index contributed by atoms with van der Waals surface area (Å²) in [6, 6.07) is 0. The summed E-state index contributed by atoms with van der Waals surface area (Å²) >= 11 is 2.03. The quantitative estimate of drug-likeness (QED) is 0.271. The van der Waals surface area contributed by atoms with Crippen molar-refractivity contribution in [3.8, 4) is 0 Å². The Morgan fingerprint density at radius 2 is 1.80 bits per heavy atom. The van der Waals surface area contributed by atoms with Crippen LogP contribution in [0.15, 0.2) is 4.99 Å². The van der Waals surface area contributed by atoms with E-state index >= 15 is 0 Å². The molecule has 0 aliphatic carbocycles. The van der Waals surface area contributed by atoms with Crippen molar-refractivity contribution in [3.63, 3.8) is 0 Å². The van der Waals surface area contributed by atoms with E-state index in [1.807, 2.05) is 25.3 Å². The van der Waals surface area contributed by atoms with Crippen LogP contribution in [0.25, 0.3) is 0 Å². The van der Waals surface area contributed by atoms with Crippen LogP contribution in [-0.4, -0.2) is 68.2 Å². The fraction of sp³-hybridized carbons (Fsp3) is 0.950. The Morgan fingerprint density at radius 3 is 2.36 bits per heavy atom. The molecule has 0 bridgehead atoms. The molecule has 0 unspecified atom stereocenters. The minimum Gasteiger partial charge on any atom is -0.385 e. The molecule has 0 aromatic heterocycles. The summed E-state index contributed by atoms with van der Waals surface area (Å²) in [6.45, 7) is 10.5. The van der Waals surface area contributed by atoms with Crippen molar-refractivity contribution >= 4 is 18.3 Å². The lowest BCUT2D eigenvalue weighted by Gasteiger charge is -2.30. The van der Waals surface area contributed by atoms with Gasteiger partial charge >= 0.3 is 0 Å². The number of methoxy groups -OCH3 is 1. The van der Waals surface area contributed by atoms with Crippen LogP contribution in [0.4, 0.5) is 0 Å². The highest BCUT2D eigenvalue weighted by atomic mass is 32.2. The molecule has 0 aromatic carbocycles. The third-order valence-corrected chi connectivity index (χ3v) is 6.43. The molecule has 2 aliphatic heterocycles. The third kappa shape index (κ3) is 11.1. The molecule has 0 aromatic rings. The Morgan fingerprint density at radius 1 is 1.12 bits per heavy atom. The van der Waals surface area contributed by atoms with Crippen LogP contribution in [0, 0.1) is 11.8 Å². The third-order valence-electron chi connectivity index (χ3n) is 5.11. The van der Waals surface area contributed by atoms with Crippen LogP contribution in [0.2, 0.25) is 0 Å². The van der Waals surface area contributed by atoms with Crippen molar-refractivity contribution < 1.29 is 4.74 Å². The molecule has 0 spiro atoms. The monoisotopic (exact) mass is 371 g/mol. The maximum Gasteiger partial charge on any atom is 0.0846 e. The van der Waals surface area contributed by atoms with Crippen molar-refractivity contribution in [1.29, 1.82) is 0 Å². The molecule has 0 atom stereocenters. The van der Waals surface area contributed by atoms with Crippen molar-refractivity contribution in [2.24, 2.45) is 16.8 Å². The second-order valence-electron chi connectivity index (χ2n) is 7.43. The van der Waals surface area contributed by atoms with Gasteiger partial charge in [0.25, 0.3) is 0 Å². The van der Waals surface area contributed by atoms with Gasteiger partial charge in [-0.3, -0.25) is 9.30 Å². The summed E-state index contributed by atoms with van der Waals surface area (Å²) in [5.41, 5.74) is 0. The summed E-state index contributed by atoms with van der Waals surface area (Å²) in [5.74, 6) is 3.18. The number of aliphatic imine (C=N–C) groups is 1. The van der Waals surface area contributed by atoms with Crippen molar-refractivity contribution in [2.75, 3.05) is 52.7 Å². The number of hydrogen-bond acceptors (Lipinski definition) is 4. The summed E-state index contributed by atoms with van der Waals surface area (Å²) < 4.78 is 7.59. The molecule has 2 aliphatic rings. The Kier molecular flexibility index (Phi) is 13.5. The van der Waals surface area contributed by atoms with Crippen LogP contribution < -0.4 is 0 Å². The largest absolute Gasteiger partial charge is 0.385 e. The Bertz CT molecular complexity index is 322. The Balaban J connectivity index is 0.000000257. The van der Waals surface area contributed by atoms with Crippen molar-refractivity contribution in [3.05, 3.63) is 0 Å². The highest BCUT2D eigenvalue weighted by molar-refractivity contribution is 7.97. The highest BCUT2D eigenvalue weighted by Crippen LogP contribution is 2.22. The molecule has 5 heteroatoms. The van der Waals surface area contributed by atoms with E-state index in [1.54, 1.807) is 7.11 Å². The molecule has 0 radical (unpaired) electrons. The molecule has 2 fully saturated rings. The van der Waals surface area contributed by atoms with Crippen LogP contribution in [0.1, 0.15) is 58.8 Å². The zero-order valence-electron chi connectivity index (χ0n) is 17.1. The summed E-state index contributed by atoms with van der Waals surface area (Å²) in [4.78, 5) is 6.35. The van der Waals surface area contributed by atoms with E-state index in [1.165, 1.54) is 76.9 Å². The van der Waals surface area contributed by atoms with Gasteiger partial charge in [-0.25, -0.2) is 0 Å². The van der Waals surface area contributed by atoms with Gasteiger partial charge in [-0.05, 0) is 56.8 Å². The number of rotatable bonds is 8. The van der Waals surface area contributed by atoms with E-state index < -0.39 is 0 Å². The molecule has 0 N–H and O–H groups in total. The van der Waals surface area contributed by atoms with Gasteiger partial charge in [-0.1, -0.05) is 25.8 Å². The lowest BCUT2D eigenvalue weighted by Crippen LogP contribution is -2.32. The molecule has 4 nitrogen and oxygen atoms in total. The fourth-order valence-corrected chi connectivity index (χ4v) is 4.28. The van der Waals surface area contributed by atoms with Gasteiger partial charge in [0, 0.05) is 52.7 Å². The average molecular weight is 372 g/mol. The minimum absolute atomic E-state index is 0.909. The maximum atomic E-state index is 5.06. The number of hydrogen-bond donors (Lipinski definition) is 0. The van der Waals surface area contributed by atoms with Crippen LogP contribution in [0.3, 0.4) is 0 Å². The first-order valence-corrected chi connectivity index (χ1v) is 11.2. The average Bonchev–Trinajstić information content (AvgIpc) is 2.64. The minimum atomic E-state index is 0.909. The van der Waals surface area contributed by atoms with Gasteiger partial charge < -0.3 is 9.64 Å².